The van der Waals surface area contributed by atoms with Gasteiger partial charge in [-0.15, -0.1) is 0 Å². The molecule has 0 fully saturated rings. The van der Waals surface area contributed by atoms with Gasteiger partial charge in [-0.2, -0.15) is 0 Å². The Morgan fingerprint density at radius 1 is 1.69 bits per heavy atom. The summed E-state index contributed by atoms with van der Waals surface area (Å²) in [5.41, 5.74) is 1.18. The predicted octanol–water partition coefficient (Wildman–Crippen LogP) is 2.54. The van der Waals surface area contributed by atoms with E-state index in [0.717, 1.165) is 12.8 Å². The summed E-state index contributed by atoms with van der Waals surface area (Å²) < 4.78 is 5.04. The summed E-state index contributed by atoms with van der Waals surface area (Å²) in [6, 6.07) is 0. The Bertz CT molecular complexity index is 218. The Morgan fingerprint density at radius 3 is 2.92 bits per heavy atom. The SMILES string of the molecule is CCOC(=O)C1C(C)=CCCC1C. The number of rotatable bonds is 2. The molecule has 1 aliphatic rings. The first kappa shape index (κ1) is 10.3. The molecule has 2 heteroatoms. The Kier molecular flexibility index (Phi) is 3.52. The van der Waals surface area contributed by atoms with Gasteiger partial charge in [0, 0.05) is 0 Å². The Hall–Kier alpha value is -0.790. The lowest BCUT2D eigenvalue weighted by Gasteiger charge is -2.26. The molecule has 2 nitrogen and oxygen atoms in total. The molecule has 0 amide bonds. The van der Waals surface area contributed by atoms with E-state index in [1.807, 2.05) is 13.8 Å². The van der Waals surface area contributed by atoms with E-state index in [9.17, 15) is 4.79 Å². The molecule has 0 aromatic carbocycles. The number of hydrogen-bond donors (Lipinski definition) is 0. The molecule has 0 bridgehead atoms. The average Bonchev–Trinajstić information content (AvgIpc) is 2.04. The average molecular weight is 182 g/mol. The molecule has 0 saturated heterocycles. The first-order chi connectivity index (χ1) is 6.16. The molecular weight excluding hydrogens is 164 g/mol. The first-order valence-electron chi connectivity index (χ1n) is 5.00. The van der Waals surface area contributed by atoms with Gasteiger partial charge in [-0.3, -0.25) is 4.79 Å². The second-order valence-electron chi connectivity index (χ2n) is 3.73. The van der Waals surface area contributed by atoms with E-state index in [2.05, 4.69) is 13.0 Å². The lowest BCUT2D eigenvalue weighted by atomic mass is 9.80. The van der Waals surface area contributed by atoms with E-state index < -0.39 is 0 Å². The number of allylic oxidation sites excluding steroid dienone is 1. The number of carbonyl (C=O) groups excluding carboxylic acids is 1. The summed E-state index contributed by atoms with van der Waals surface area (Å²) in [6.45, 7) is 6.48. The Morgan fingerprint density at radius 2 is 2.38 bits per heavy atom. The van der Waals surface area contributed by atoms with Crippen molar-refractivity contribution in [2.45, 2.75) is 33.6 Å². The van der Waals surface area contributed by atoms with Crippen molar-refractivity contribution in [1.82, 2.24) is 0 Å². The van der Waals surface area contributed by atoms with Crippen LogP contribution in [0.3, 0.4) is 0 Å². The molecule has 1 rings (SSSR count). The summed E-state index contributed by atoms with van der Waals surface area (Å²) >= 11 is 0. The van der Waals surface area contributed by atoms with Crippen molar-refractivity contribution in [3.05, 3.63) is 11.6 Å². The van der Waals surface area contributed by atoms with Crippen LogP contribution in [0.5, 0.6) is 0 Å². The molecule has 74 valence electrons. The molecule has 2 unspecified atom stereocenters. The molecule has 0 aliphatic heterocycles. The number of esters is 1. The van der Waals surface area contributed by atoms with Crippen LogP contribution in [0, 0.1) is 11.8 Å². The normalized spacial score (nSPS) is 28.1. The molecule has 0 saturated carbocycles. The van der Waals surface area contributed by atoms with Crippen molar-refractivity contribution in [2.75, 3.05) is 6.61 Å². The molecule has 0 radical (unpaired) electrons. The van der Waals surface area contributed by atoms with Crippen molar-refractivity contribution in [1.29, 1.82) is 0 Å². The van der Waals surface area contributed by atoms with Crippen LogP contribution in [-0.4, -0.2) is 12.6 Å². The zero-order chi connectivity index (χ0) is 9.84. The van der Waals surface area contributed by atoms with Crippen molar-refractivity contribution in [2.24, 2.45) is 11.8 Å². The summed E-state index contributed by atoms with van der Waals surface area (Å²) in [7, 11) is 0. The van der Waals surface area contributed by atoms with Crippen LogP contribution in [0.1, 0.15) is 33.6 Å². The van der Waals surface area contributed by atoms with Crippen LogP contribution in [0.2, 0.25) is 0 Å². The second kappa shape index (κ2) is 4.45. The number of hydrogen-bond acceptors (Lipinski definition) is 2. The second-order valence-corrected chi connectivity index (χ2v) is 3.73. The van der Waals surface area contributed by atoms with Crippen LogP contribution < -0.4 is 0 Å². The molecule has 0 aromatic heterocycles. The summed E-state index contributed by atoms with van der Waals surface area (Å²) in [4.78, 5) is 11.6. The van der Waals surface area contributed by atoms with Crippen LogP contribution in [-0.2, 0) is 9.53 Å². The quantitative estimate of drug-likeness (QED) is 0.484. The van der Waals surface area contributed by atoms with Crippen LogP contribution in [0.15, 0.2) is 11.6 Å². The molecule has 2 atom stereocenters. The zero-order valence-electron chi connectivity index (χ0n) is 8.67. The highest BCUT2D eigenvalue weighted by Crippen LogP contribution is 2.30. The molecule has 0 N–H and O–H groups in total. The summed E-state index contributed by atoms with van der Waals surface area (Å²) in [6.07, 6.45) is 4.35. The molecule has 1 aliphatic carbocycles. The fourth-order valence-corrected chi connectivity index (χ4v) is 1.97. The first-order valence-corrected chi connectivity index (χ1v) is 5.00. The van der Waals surface area contributed by atoms with E-state index in [0.29, 0.717) is 12.5 Å². The molecular formula is C11H18O2. The maximum Gasteiger partial charge on any atom is 0.313 e. The van der Waals surface area contributed by atoms with Crippen LogP contribution in [0.4, 0.5) is 0 Å². The monoisotopic (exact) mass is 182 g/mol. The highest BCUT2D eigenvalue weighted by atomic mass is 16.5. The van der Waals surface area contributed by atoms with E-state index in [1.54, 1.807) is 0 Å². The topological polar surface area (TPSA) is 26.3 Å². The third kappa shape index (κ3) is 2.33. The van der Waals surface area contributed by atoms with Gasteiger partial charge < -0.3 is 4.74 Å². The lowest BCUT2D eigenvalue weighted by Crippen LogP contribution is -2.27. The molecule has 0 spiro atoms. The van der Waals surface area contributed by atoms with Gasteiger partial charge in [0.2, 0.25) is 0 Å². The van der Waals surface area contributed by atoms with E-state index in [4.69, 9.17) is 4.74 Å². The van der Waals surface area contributed by atoms with Gasteiger partial charge in [-0.1, -0.05) is 18.6 Å². The number of ether oxygens (including phenoxy) is 1. The predicted molar refractivity (Wildman–Crippen MR) is 52.3 cm³/mol. The van der Waals surface area contributed by atoms with E-state index in [1.165, 1.54) is 5.57 Å². The van der Waals surface area contributed by atoms with Gasteiger partial charge in [-0.25, -0.2) is 0 Å². The van der Waals surface area contributed by atoms with Crippen molar-refractivity contribution >= 4 is 5.97 Å². The van der Waals surface area contributed by atoms with Gasteiger partial charge in [0.25, 0.3) is 0 Å². The summed E-state index contributed by atoms with van der Waals surface area (Å²) in [5, 5.41) is 0. The highest BCUT2D eigenvalue weighted by Gasteiger charge is 2.29. The fourth-order valence-electron chi connectivity index (χ4n) is 1.97. The van der Waals surface area contributed by atoms with Gasteiger partial charge >= 0.3 is 5.97 Å². The number of carbonyl (C=O) groups is 1. The van der Waals surface area contributed by atoms with E-state index >= 15 is 0 Å². The molecule has 13 heavy (non-hydrogen) atoms. The lowest BCUT2D eigenvalue weighted by molar-refractivity contribution is -0.148. The zero-order valence-corrected chi connectivity index (χ0v) is 8.67. The van der Waals surface area contributed by atoms with E-state index in [-0.39, 0.29) is 11.9 Å². The molecule has 0 heterocycles. The Balaban J connectivity index is 2.69. The third-order valence-electron chi connectivity index (χ3n) is 2.69. The Labute approximate surface area is 80.0 Å². The maximum atomic E-state index is 11.6. The fraction of sp³-hybridized carbons (Fsp3) is 0.727. The van der Waals surface area contributed by atoms with Crippen molar-refractivity contribution < 1.29 is 9.53 Å². The van der Waals surface area contributed by atoms with Crippen LogP contribution in [0.25, 0.3) is 0 Å². The van der Waals surface area contributed by atoms with Crippen molar-refractivity contribution in [3.63, 3.8) is 0 Å². The largest absolute Gasteiger partial charge is 0.466 e. The molecule has 0 aromatic rings. The summed E-state index contributed by atoms with van der Waals surface area (Å²) in [5.74, 6) is 0.390. The van der Waals surface area contributed by atoms with Gasteiger partial charge in [-0.05, 0) is 32.6 Å². The van der Waals surface area contributed by atoms with Crippen molar-refractivity contribution in [3.8, 4) is 0 Å². The standard InChI is InChI=1S/C11H18O2/c1-4-13-11(12)10-8(2)6-5-7-9(10)3/h6,9-10H,4-5,7H2,1-3H3. The van der Waals surface area contributed by atoms with Gasteiger partial charge in [0.1, 0.15) is 0 Å². The maximum absolute atomic E-state index is 11.6. The minimum Gasteiger partial charge on any atom is -0.466 e. The van der Waals surface area contributed by atoms with Crippen LogP contribution >= 0.6 is 0 Å². The smallest absolute Gasteiger partial charge is 0.313 e. The highest BCUT2D eigenvalue weighted by molar-refractivity contribution is 5.76. The third-order valence-corrected chi connectivity index (χ3v) is 2.69. The minimum atomic E-state index is -0.0524. The van der Waals surface area contributed by atoms with Gasteiger partial charge in [0.05, 0.1) is 12.5 Å². The minimum absolute atomic E-state index is 0.00806. The van der Waals surface area contributed by atoms with Gasteiger partial charge in [0.15, 0.2) is 0 Å².